The lowest BCUT2D eigenvalue weighted by molar-refractivity contribution is 0.0868. The summed E-state index contributed by atoms with van der Waals surface area (Å²) in [5.41, 5.74) is 0.285. The zero-order valence-corrected chi connectivity index (χ0v) is 16.5. The largest absolute Gasteiger partial charge is 0.303 e. The second-order valence-electron chi connectivity index (χ2n) is 7.31. The van der Waals surface area contributed by atoms with Gasteiger partial charge < -0.3 is 4.90 Å². The van der Waals surface area contributed by atoms with Gasteiger partial charge in [0.1, 0.15) is 10.7 Å². The van der Waals surface area contributed by atoms with Gasteiger partial charge in [0.05, 0.1) is 5.56 Å². The van der Waals surface area contributed by atoms with Crippen molar-refractivity contribution in [3.05, 3.63) is 54.1 Å². The van der Waals surface area contributed by atoms with E-state index in [2.05, 4.69) is 14.9 Å². The van der Waals surface area contributed by atoms with Crippen LogP contribution < -0.4 is 0 Å². The Hall–Kier alpha value is -2.32. The Morgan fingerprint density at radius 3 is 2.36 bits per heavy atom. The van der Waals surface area contributed by atoms with E-state index >= 15 is 0 Å². The second-order valence-corrected chi connectivity index (χ2v) is 9.14. The maximum Gasteiger partial charge on any atom is 0.269 e. The lowest BCUT2D eigenvalue weighted by atomic mass is 9.96. The third-order valence-electron chi connectivity index (χ3n) is 5.54. The van der Waals surface area contributed by atoms with Crippen molar-refractivity contribution in [3.63, 3.8) is 0 Å². The van der Waals surface area contributed by atoms with E-state index in [9.17, 15) is 13.2 Å². The molecule has 2 aliphatic heterocycles. The summed E-state index contributed by atoms with van der Waals surface area (Å²) in [5.74, 6) is 0.946. The number of hydrogen-bond donors (Lipinski definition) is 0. The molecule has 2 aliphatic rings. The van der Waals surface area contributed by atoms with Crippen molar-refractivity contribution in [3.8, 4) is 0 Å². The molecule has 1 saturated heterocycles. The fraction of sp³-hybridized carbons (Fsp3) is 0.450. The minimum absolute atomic E-state index is 0.130. The molecule has 0 radical (unpaired) electrons. The van der Waals surface area contributed by atoms with Gasteiger partial charge in [-0.25, -0.2) is 22.7 Å². The van der Waals surface area contributed by atoms with Crippen molar-refractivity contribution in [2.75, 3.05) is 26.2 Å². The monoisotopic (exact) mass is 400 g/mol. The normalized spacial score (nSPS) is 19.7. The van der Waals surface area contributed by atoms with Gasteiger partial charge in [0.2, 0.25) is 0 Å². The van der Waals surface area contributed by atoms with Crippen LogP contribution in [0.2, 0.25) is 0 Å². The number of fused-ring (bicyclic) bond motifs is 1. The Morgan fingerprint density at radius 2 is 1.64 bits per heavy atom. The van der Waals surface area contributed by atoms with E-state index in [1.165, 1.54) is 6.07 Å². The van der Waals surface area contributed by atoms with Crippen molar-refractivity contribution >= 4 is 15.9 Å². The van der Waals surface area contributed by atoms with Gasteiger partial charge in [0, 0.05) is 24.9 Å². The van der Waals surface area contributed by atoms with Gasteiger partial charge in [-0.1, -0.05) is 12.1 Å². The first kappa shape index (κ1) is 19.0. The second kappa shape index (κ2) is 7.97. The van der Waals surface area contributed by atoms with Crippen LogP contribution in [0.15, 0.2) is 47.6 Å². The molecule has 0 unspecified atom stereocenters. The molecule has 1 fully saturated rings. The molecule has 4 rings (SSSR count). The number of benzene rings is 1. The standard InChI is InChI=1S/C20H24N4O3S/c25-20-17-6-1-2-7-18(17)28(26,27)24(20)13-4-3-12-23-14-8-16(9-15-23)19-21-10-5-11-22-19/h1-2,5-7,10-11,16H,3-4,8-9,12-15H2. The van der Waals surface area contributed by atoms with E-state index in [0.29, 0.717) is 12.3 Å². The number of sulfonamides is 1. The van der Waals surface area contributed by atoms with Crippen LogP contribution >= 0.6 is 0 Å². The van der Waals surface area contributed by atoms with E-state index in [1.54, 1.807) is 30.6 Å². The van der Waals surface area contributed by atoms with E-state index in [1.807, 2.05) is 6.07 Å². The van der Waals surface area contributed by atoms with Crippen LogP contribution in [0.3, 0.4) is 0 Å². The topological polar surface area (TPSA) is 83.5 Å². The molecule has 7 nitrogen and oxygen atoms in total. The summed E-state index contributed by atoms with van der Waals surface area (Å²) in [6, 6.07) is 8.26. The van der Waals surface area contributed by atoms with E-state index in [4.69, 9.17) is 0 Å². The molecule has 0 bridgehead atoms. The van der Waals surface area contributed by atoms with Gasteiger partial charge >= 0.3 is 0 Å². The summed E-state index contributed by atoms with van der Waals surface area (Å²) in [7, 11) is -3.68. The third-order valence-corrected chi connectivity index (χ3v) is 7.38. The van der Waals surface area contributed by atoms with Crippen LogP contribution in [0, 0.1) is 0 Å². The van der Waals surface area contributed by atoms with Crippen molar-refractivity contribution in [1.82, 2.24) is 19.2 Å². The van der Waals surface area contributed by atoms with Gasteiger partial charge in [-0.15, -0.1) is 0 Å². The first-order valence-corrected chi connectivity index (χ1v) is 11.2. The maximum absolute atomic E-state index is 12.5. The number of nitrogens with zero attached hydrogens (tertiary/aromatic N) is 4. The highest BCUT2D eigenvalue weighted by atomic mass is 32.2. The Morgan fingerprint density at radius 1 is 0.964 bits per heavy atom. The average Bonchev–Trinajstić information content (AvgIpc) is 2.93. The molecule has 1 aromatic heterocycles. The zero-order valence-electron chi connectivity index (χ0n) is 15.7. The molecule has 3 heterocycles. The van der Waals surface area contributed by atoms with Crippen LogP contribution in [0.5, 0.6) is 0 Å². The van der Waals surface area contributed by atoms with Crippen molar-refractivity contribution in [2.45, 2.75) is 36.5 Å². The van der Waals surface area contributed by atoms with E-state index in [0.717, 1.165) is 49.0 Å². The quantitative estimate of drug-likeness (QED) is 0.692. The Bertz CT molecular complexity index is 941. The highest BCUT2D eigenvalue weighted by Crippen LogP contribution is 2.30. The van der Waals surface area contributed by atoms with Crippen LogP contribution in [0.1, 0.15) is 47.8 Å². The Kier molecular flexibility index (Phi) is 5.41. The van der Waals surface area contributed by atoms with E-state index < -0.39 is 15.9 Å². The fourth-order valence-electron chi connectivity index (χ4n) is 3.98. The summed E-state index contributed by atoms with van der Waals surface area (Å²) in [6.07, 6.45) is 7.20. The summed E-state index contributed by atoms with van der Waals surface area (Å²) in [5, 5.41) is 0. The highest BCUT2D eigenvalue weighted by molar-refractivity contribution is 7.90. The minimum Gasteiger partial charge on any atom is -0.303 e. The average molecular weight is 401 g/mol. The molecular formula is C20H24N4O3S. The van der Waals surface area contributed by atoms with Gasteiger partial charge in [0.15, 0.2) is 0 Å². The minimum atomic E-state index is -3.68. The van der Waals surface area contributed by atoms with Gasteiger partial charge in [-0.2, -0.15) is 0 Å². The van der Waals surface area contributed by atoms with Gasteiger partial charge in [-0.05, 0) is 63.5 Å². The fourth-order valence-corrected chi connectivity index (χ4v) is 5.59. The maximum atomic E-state index is 12.5. The number of likely N-dealkylation sites (tertiary alicyclic amines) is 1. The highest BCUT2D eigenvalue weighted by Gasteiger charge is 2.40. The number of unbranched alkanes of at least 4 members (excludes halogenated alkanes) is 1. The summed E-state index contributed by atoms with van der Waals surface area (Å²) in [6.45, 7) is 3.15. The summed E-state index contributed by atoms with van der Waals surface area (Å²) in [4.78, 5) is 23.7. The number of aromatic nitrogens is 2. The SMILES string of the molecule is O=C1c2ccccc2S(=O)(=O)N1CCCCN1CCC(c2ncccn2)CC1. The van der Waals surface area contributed by atoms with Crippen molar-refractivity contribution < 1.29 is 13.2 Å². The first-order valence-electron chi connectivity index (χ1n) is 9.73. The van der Waals surface area contributed by atoms with Crippen LogP contribution in [0.25, 0.3) is 0 Å². The lowest BCUT2D eigenvalue weighted by Gasteiger charge is -2.31. The smallest absolute Gasteiger partial charge is 0.269 e. The molecule has 0 aliphatic carbocycles. The van der Waals surface area contributed by atoms with Gasteiger partial charge in [-0.3, -0.25) is 4.79 Å². The van der Waals surface area contributed by atoms with Crippen molar-refractivity contribution in [1.29, 1.82) is 0 Å². The molecule has 1 amide bonds. The van der Waals surface area contributed by atoms with Crippen LogP contribution in [-0.2, 0) is 10.0 Å². The van der Waals surface area contributed by atoms with E-state index in [-0.39, 0.29) is 17.0 Å². The lowest BCUT2D eigenvalue weighted by Crippen LogP contribution is -2.35. The van der Waals surface area contributed by atoms with Gasteiger partial charge in [0.25, 0.3) is 15.9 Å². The summed E-state index contributed by atoms with van der Waals surface area (Å²) >= 11 is 0. The number of piperidine rings is 1. The molecule has 28 heavy (non-hydrogen) atoms. The van der Waals surface area contributed by atoms with Crippen LogP contribution in [0.4, 0.5) is 0 Å². The molecule has 0 atom stereocenters. The number of carbonyl (C=O) groups is 1. The number of carbonyl (C=O) groups excluding carboxylic acids is 1. The number of rotatable bonds is 6. The number of hydrogen-bond acceptors (Lipinski definition) is 6. The Balaban J connectivity index is 1.24. The Labute approximate surface area is 165 Å². The molecule has 8 heteroatoms. The predicted octanol–water partition coefficient (Wildman–Crippen LogP) is 2.28. The molecule has 0 saturated carbocycles. The molecule has 0 spiro atoms. The van der Waals surface area contributed by atoms with Crippen molar-refractivity contribution in [2.24, 2.45) is 0 Å². The number of amides is 1. The third kappa shape index (κ3) is 3.66. The van der Waals surface area contributed by atoms with Crippen LogP contribution in [-0.4, -0.2) is 59.7 Å². The molecule has 1 aromatic carbocycles. The predicted molar refractivity (Wildman–Crippen MR) is 104 cm³/mol. The molecular weight excluding hydrogens is 376 g/mol. The summed E-state index contributed by atoms with van der Waals surface area (Å²) < 4.78 is 26.1. The molecule has 148 valence electrons. The molecule has 0 N–H and O–H groups in total. The molecule has 2 aromatic rings. The first-order chi connectivity index (χ1) is 13.6. The zero-order chi connectivity index (χ0) is 19.6.